The fourth-order valence-electron chi connectivity index (χ4n) is 8.90. The van der Waals surface area contributed by atoms with E-state index in [1.54, 1.807) is 6.07 Å². The van der Waals surface area contributed by atoms with Crippen molar-refractivity contribution in [3.05, 3.63) is 178 Å². The van der Waals surface area contributed by atoms with Gasteiger partial charge in [0.1, 0.15) is 11.6 Å². The lowest BCUT2D eigenvalue weighted by Crippen LogP contribution is -2.26. The first-order valence-corrected chi connectivity index (χ1v) is 18.5. The lowest BCUT2D eigenvalue weighted by Gasteiger charge is -2.32. The maximum Gasteiger partial charge on any atom is 0.138 e. The predicted molar refractivity (Wildman–Crippen MR) is 218 cm³/mol. The number of pyridine rings is 2. The number of aromatic hydroxyl groups is 1. The summed E-state index contributed by atoms with van der Waals surface area (Å²) in [6.07, 6.45) is 1.84. The molecule has 0 aliphatic heterocycles. The van der Waals surface area contributed by atoms with E-state index in [0.29, 0.717) is 0 Å². The molecule has 0 saturated carbocycles. The quantitative estimate of drug-likeness (QED) is 0.200. The Morgan fingerprint density at radius 3 is 1.94 bits per heavy atom. The van der Waals surface area contributed by atoms with Crippen molar-refractivity contribution < 1.29 is 5.11 Å². The molecule has 1 N–H and O–H groups in total. The van der Waals surface area contributed by atoms with Crippen molar-refractivity contribution in [1.29, 1.82) is 0 Å². The number of aryl methyl sites for hydroxylation is 4. The summed E-state index contributed by atoms with van der Waals surface area (Å²) in [7, 11) is 0. The summed E-state index contributed by atoms with van der Waals surface area (Å²) in [5.41, 5.74) is 18.2. The third-order valence-corrected chi connectivity index (χ3v) is 11.3. The molecule has 0 bridgehead atoms. The van der Waals surface area contributed by atoms with Crippen LogP contribution in [0.25, 0.3) is 33.6 Å². The van der Waals surface area contributed by atoms with Gasteiger partial charge >= 0.3 is 0 Å². The number of nitrogens with zero attached hydrogens (tertiary/aromatic N) is 3. The molecule has 2 aliphatic rings. The Kier molecular flexibility index (Phi) is 7.29. The van der Waals surface area contributed by atoms with Gasteiger partial charge in [0.25, 0.3) is 0 Å². The first kappa shape index (κ1) is 32.9. The second kappa shape index (κ2) is 11.8. The molecule has 1 spiro atoms. The lowest BCUT2D eigenvalue weighted by molar-refractivity contribution is 0.476. The topological polar surface area (TPSA) is 49.2 Å². The van der Waals surface area contributed by atoms with Gasteiger partial charge in [0.05, 0.1) is 22.5 Å². The standard InChI is InChI=1S/C49H43N3O/c1-29-17-19-36-37-20-18-30(2)25-41(37)49(40(36)24-29)38-14-11-16-43(53)45(38)46-39(49)21-22-44(51-46)52(47-31(3)26-34(27-32(47)4)48(5,6)7)35-13-10-12-33(28-35)42-15-8-9-23-50-42/h8-28,53H,1-7H3. The number of hydrogen-bond donors (Lipinski definition) is 1. The summed E-state index contributed by atoms with van der Waals surface area (Å²) in [5, 5.41) is 11.8. The highest BCUT2D eigenvalue weighted by atomic mass is 16.3. The Hall–Kier alpha value is -6.00. The molecule has 0 radical (unpaired) electrons. The fraction of sp³-hybridized carbons (Fsp3) is 0.184. The van der Waals surface area contributed by atoms with Crippen LogP contribution in [0.1, 0.15) is 70.8 Å². The van der Waals surface area contributed by atoms with E-state index in [4.69, 9.17) is 4.98 Å². The average Bonchev–Trinajstić information content (AvgIpc) is 3.59. The largest absolute Gasteiger partial charge is 0.507 e. The van der Waals surface area contributed by atoms with Gasteiger partial charge in [-0.25, -0.2) is 4.98 Å². The number of hydrogen-bond acceptors (Lipinski definition) is 4. The number of rotatable bonds is 4. The Morgan fingerprint density at radius 2 is 1.30 bits per heavy atom. The van der Waals surface area contributed by atoms with Crippen LogP contribution < -0.4 is 4.90 Å². The van der Waals surface area contributed by atoms with Gasteiger partial charge in [0.15, 0.2) is 0 Å². The molecule has 260 valence electrons. The zero-order valence-corrected chi connectivity index (χ0v) is 31.4. The number of benzene rings is 5. The molecule has 0 fully saturated rings. The molecular formula is C49H43N3O. The third-order valence-electron chi connectivity index (χ3n) is 11.3. The van der Waals surface area contributed by atoms with Crippen LogP contribution >= 0.6 is 0 Å². The second-order valence-corrected chi connectivity index (χ2v) is 15.9. The van der Waals surface area contributed by atoms with Gasteiger partial charge < -0.3 is 5.11 Å². The lowest BCUT2D eigenvalue weighted by atomic mass is 9.70. The maximum absolute atomic E-state index is 11.8. The number of fused-ring (bicyclic) bond motifs is 10. The van der Waals surface area contributed by atoms with E-state index in [2.05, 4.69) is 149 Å². The minimum Gasteiger partial charge on any atom is -0.507 e. The van der Waals surface area contributed by atoms with Crippen LogP contribution in [0.2, 0.25) is 0 Å². The van der Waals surface area contributed by atoms with E-state index in [-0.39, 0.29) is 11.2 Å². The molecule has 4 heteroatoms. The van der Waals surface area contributed by atoms with Crippen LogP contribution in [0.3, 0.4) is 0 Å². The van der Waals surface area contributed by atoms with Gasteiger partial charge in [-0.1, -0.05) is 117 Å². The molecule has 0 unspecified atom stereocenters. The van der Waals surface area contributed by atoms with Crippen molar-refractivity contribution >= 4 is 17.2 Å². The maximum atomic E-state index is 11.8. The highest BCUT2D eigenvalue weighted by molar-refractivity contribution is 5.96. The van der Waals surface area contributed by atoms with Gasteiger partial charge in [0.2, 0.25) is 0 Å². The molecule has 53 heavy (non-hydrogen) atoms. The summed E-state index contributed by atoms with van der Waals surface area (Å²) < 4.78 is 0. The predicted octanol–water partition coefficient (Wildman–Crippen LogP) is 12.2. The second-order valence-electron chi connectivity index (χ2n) is 15.9. The third kappa shape index (κ3) is 4.89. The smallest absolute Gasteiger partial charge is 0.138 e. The van der Waals surface area contributed by atoms with Gasteiger partial charge in [-0.2, -0.15) is 0 Å². The van der Waals surface area contributed by atoms with Crippen molar-refractivity contribution in [3.8, 4) is 39.4 Å². The number of anilines is 3. The highest BCUT2D eigenvalue weighted by Gasteiger charge is 2.53. The summed E-state index contributed by atoms with van der Waals surface area (Å²) in [4.78, 5) is 12.6. The van der Waals surface area contributed by atoms with Gasteiger partial charge in [-0.15, -0.1) is 0 Å². The minimum absolute atomic E-state index is 0.00369. The molecular weight excluding hydrogens is 647 g/mol. The first-order chi connectivity index (χ1) is 25.5. The summed E-state index contributed by atoms with van der Waals surface area (Å²) >= 11 is 0. The molecule has 0 atom stereocenters. The normalized spacial score (nSPS) is 13.4. The van der Waals surface area contributed by atoms with E-state index in [9.17, 15) is 5.11 Å². The van der Waals surface area contributed by atoms with Crippen LogP contribution in [0.5, 0.6) is 5.75 Å². The van der Waals surface area contributed by atoms with Crippen molar-refractivity contribution in [2.24, 2.45) is 0 Å². The van der Waals surface area contributed by atoms with E-state index >= 15 is 0 Å². The van der Waals surface area contributed by atoms with E-state index in [1.807, 2.05) is 30.5 Å². The minimum atomic E-state index is -0.610. The van der Waals surface area contributed by atoms with Crippen LogP contribution in [0, 0.1) is 27.7 Å². The Balaban J connectivity index is 1.33. The number of phenols is 1. The average molecular weight is 690 g/mol. The van der Waals surface area contributed by atoms with Gasteiger partial charge in [0, 0.05) is 23.0 Å². The van der Waals surface area contributed by atoms with E-state index < -0.39 is 5.41 Å². The van der Waals surface area contributed by atoms with E-state index in [0.717, 1.165) is 50.8 Å². The van der Waals surface area contributed by atoms with Gasteiger partial charge in [-0.05, 0) is 120 Å². The number of aromatic nitrogens is 2. The first-order valence-electron chi connectivity index (χ1n) is 18.5. The summed E-state index contributed by atoms with van der Waals surface area (Å²) in [6.45, 7) is 15.5. The van der Waals surface area contributed by atoms with Crippen LogP contribution in [0.4, 0.5) is 17.2 Å². The Morgan fingerprint density at radius 1 is 0.623 bits per heavy atom. The van der Waals surface area contributed by atoms with Crippen molar-refractivity contribution in [2.45, 2.75) is 59.3 Å². The molecule has 9 rings (SSSR count). The van der Waals surface area contributed by atoms with E-state index in [1.165, 1.54) is 50.1 Å². The van der Waals surface area contributed by atoms with Crippen molar-refractivity contribution in [3.63, 3.8) is 0 Å². The molecule has 2 heterocycles. The van der Waals surface area contributed by atoms with Gasteiger partial charge in [-0.3, -0.25) is 9.88 Å². The fourth-order valence-corrected chi connectivity index (χ4v) is 8.90. The molecule has 5 aromatic carbocycles. The van der Waals surface area contributed by atoms with Crippen LogP contribution in [-0.4, -0.2) is 15.1 Å². The molecule has 4 nitrogen and oxygen atoms in total. The SMILES string of the molecule is Cc1ccc2c(c1)C1(c3cc(C)ccc3-2)c2ccc(N(c3cccc(-c4ccccn4)c3)c3c(C)cc(C(C)(C)C)cc3C)nc2-c2c(O)cccc21. The highest BCUT2D eigenvalue weighted by Crippen LogP contribution is 2.64. The van der Waals surface area contributed by atoms with Crippen molar-refractivity contribution in [1.82, 2.24) is 9.97 Å². The van der Waals surface area contributed by atoms with Crippen LogP contribution in [-0.2, 0) is 10.8 Å². The summed E-state index contributed by atoms with van der Waals surface area (Å²) in [6, 6.07) is 43.2. The number of phenolic OH excluding ortho intramolecular Hbond substituents is 1. The Bertz CT molecular complexity index is 2540. The molecule has 2 aromatic heterocycles. The molecule has 2 aliphatic carbocycles. The zero-order valence-electron chi connectivity index (χ0n) is 31.4. The molecule has 0 saturated heterocycles. The van der Waals surface area contributed by atoms with Crippen molar-refractivity contribution in [2.75, 3.05) is 4.90 Å². The summed E-state index contributed by atoms with van der Waals surface area (Å²) in [5.74, 6) is 1.03. The Labute approximate surface area is 312 Å². The zero-order chi connectivity index (χ0) is 36.8. The molecule has 7 aromatic rings. The monoisotopic (exact) mass is 689 g/mol. The van der Waals surface area contributed by atoms with Crippen LogP contribution in [0.15, 0.2) is 128 Å². The molecule has 0 amide bonds.